The van der Waals surface area contributed by atoms with Gasteiger partial charge in [0.05, 0.1) is 0 Å². The Morgan fingerprint density at radius 1 is 1.21 bits per heavy atom. The zero-order chi connectivity index (χ0) is 10.8. The van der Waals surface area contributed by atoms with Crippen LogP contribution in [0.5, 0.6) is 0 Å². The van der Waals surface area contributed by atoms with E-state index in [9.17, 15) is 0 Å². The lowest BCUT2D eigenvalue weighted by molar-refractivity contribution is 0.526. The second-order valence-electron chi connectivity index (χ2n) is 4.23. The topological polar surface area (TPSA) is 12.0 Å². The lowest BCUT2D eigenvalue weighted by Gasteiger charge is -2.13. The molecule has 0 aromatic heterocycles. The van der Waals surface area contributed by atoms with E-state index in [-0.39, 0.29) is 0 Å². The predicted molar refractivity (Wildman–Crippen MR) is 69.2 cm³/mol. The summed E-state index contributed by atoms with van der Waals surface area (Å²) in [6.07, 6.45) is 3.90. The molecule has 0 aliphatic rings. The Labute approximate surface area is 94.4 Å². The van der Waals surface area contributed by atoms with Gasteiger partial charge in [-0.1, -0.05) is 33.6 Å². The highest BCUT2D eigenvalue weighted by atomic mass is 32.2. The Kier molecular flexibility index (Phi) is 10.1. The molecule has 2 heteroatoms. The van der Waals surface area contributed by atoms with Crippen LogP contribution in [-0.2, 0) is 0 Å². The van der Waals surface area contributed by atoms with E-state index in [1.54, 1.807) is 0 Å². The molecule has 0 aliphatic carbocycles. The minimum atomic E-state index is 0.698. The minimum Gasteiger partial charge on any atom is -0.313 e. The van der Waals surface area contributed by atoms with Crippen LogP contribution < -0.4 is 5.32 Å². The van der Waals surface area contributed by atoms with Crippen LogP contribution in [0.3, 0.4) is 0 Å². The highest BCUT2D eigenvalue weighted by Crippen LogP contribution is 2.10. The third-order valence-electron chi connectivity index (χ3n) is 2.56. The van der Waals surface area contributed by atoms with Gasteiger partial charge in [0.25, 0.3) is 0 Å². The number of hydrogen-bond acceptors (Lipinski definition) is 2. The molecule has 0 radical (unpaired) electrons. The van der Waals surface area contributed by atoms with Crippen molar-refractivity contribution in [3.8, 4) is 0 Å². The third-order valence-corrected chi connectivity index (χ3v) is 3.86. The number of hydrogen-bond donors (Lipinski definition) is 1. The van der Waals surface area contributed by atoms with Crippen LogP contribution in [-0.4, -0.2) is 24.1 Å². The van der Waals surface area contributed by atoms with E-state index in [1.807, 2.05) is 0 Å². The van der Waals surface area contributed by atoms with E-state index in [0.717, 1.165) is 5.92 Å². The van der Waals surface area contributed by atoms with Crippen LogP contribution >= 0.6 is 11.8 Å². The fraction of sp³-hybridized carbons (Fsp3) is 1.00. The van der Waals surface area contributed by atoms with Gasteiger partial charge >= 0.3 is 0 Å². The first-order valence-corrected chi connectivity index (χ1v) is 7.17. The SMILES string of the molecule is CCCC(C)NCCSCC(C)CC. The number of thioether (sulfide) groups is 1. The van der Waals surface area contributed by atoms with Gasteiger partial charge in [0.1, 0.15) is 0 Å². The molecule has 0 aromatic carbocycles. The van der Waals surface area contributed by atoms with Crippen LogP contribution in [0.1, 0.15) is 47.0 Å². The summed E-state index contributed by atoms with van der Waals surface area (Å²) in [5.74, 6) is 3.46. The average Bonchev–Trinajstić information content (AvgIpc) is 2.17. The monoisotopic (exact) mass is 217 g/mol. The molecule has 86 valence electrons. The van der Waals surface area contributed by atoms with Crippen molar-refractivity contribution in [2.45, 2.75) is 53.0 Å². The molecule has 0 saturated carbocycles. The summed E-state index contributed by atoms with van der Waals surface area (Å²) >= 11 is 2.08. The van der Waals surface area contributed by atoms with Gasteiger partial charge in [-0.05, 0) is 25.0 Å². The van der Waals surface area contributed by atoms with E-state index < -0.39 is 0 Å². The van der Waals surface area contributed by atoms with E-state index in [1.165, 1.54) is 37.3 Å². The zero-order valence-corrected chi connectivity index (χ0v) is 11.1. The fourth-order valence-electron chi connectivity index (χ4n) is 1.31. The number of nitrogens with one attached hydrogen (secondary N) is 1. The molecule has 1 N–H and O–H groups in total. The first-order valence-electron chi connectivity index (χ1n) is 6.01. The summed E-state index contributed by atoms with van der Waals surface area (Å²) in [5, 5.41) is 3.55. The van der Waals surface area contributed by atoms with E-state index in [4.69, 9.17) is 0 Å². The molecular weight excluding hydrogens is 190 g/mol. The van der Waals surface area contributed by atoms with Gasteiger partial charge < -0.3 is 5.32 Å². The van der Waals surface area contributed by atoms with Gasteiger partial charge in [-0.3, -0.25) is 0 Å². The van der Waals surface area contributed by atoms with Crippen LogP contribution in [0.2, 0.25) is 0 Å². The maximum Gasteiger partial charge on any atom is 0.00582 e. The molecule has 2 atom stereocenters. The van der Waals surface area contributed by atoms with Gasteiger partial charge in [0.2, 0.25) is 0 Å². The fourth-order valence-corrected chi connectivity index (χ4v) is 2.38. The average molecular weight is 217 g/mol. The molecule has 0 amide bonds. The molecule has 0 spiro atoms. The highest BCUT2D eigenvalue weighted by molar-refractivity contribution is 7.99. The Morgan fingerprint density at radius 2 is 1.93 bits per heavy atom. The normalized spacial score (nSPS) is 15.4. The number of rotatable bonds is 9. The Bertz CT molecular complexity index is 117. The first kappa shape index (κ1) is 14.3. The maximum absolute atomic E-state index is 3.55. The molecule has 0 heterocycles. The van der Waals surface area contributed by atoms with E-state index in [2.05, 4.69) is 44.8 Å². The van der Waals surface area contributed by atoms with Gasteiger partial charge in [-0.2, -0.15) is 11.8 Å². The molecule has 0 bridgehead atoms. The Morgan fingerprint density at radius 3 is 2.50 bits per heavy atom. The van der Waals surface area contributed by atoms with Crippen molar-refractivity contribution >= 4 is 11.8 Å². The van der Waals surface area contributed by atoms with Crippen LogP contribution in [0.25, 0.3) is 0 Å². The molecule has 2 unspecified atom stereocenters. The summed E-state index contributed by atoms with van der Waals surface area (Å²) < 4.78 is 0. The Hall–Kier alpha value is 0.310. The molecule has 0 fully saturated rings. The largest absolute Gasteiger partial charge is 0.313 e. The summed E-state index contributed by atoms with van der Waals surface area (Å²) in [6, 6.07) is 0.698. The third kappa shape index (κ3) is 8.89. The zero-order valence-electron chi connectivity index (χ0n) is 10.3. The van der Waals surface area contributed by atoms with Crippen molar-refractivity contribution in [2.24, 2.45) is 5.92 Å². The van der Waals surface area contributed by atoms with Crippen molar-refractivity contribution in [1.29, 1.82) is 0 Å². The standard InChI is InChI=1S/C12H27NS/c1-5-7-12(4)13-8-9-14-10-11(3)6-2/h11-13H,5-10H2,1-4H3. The van der Waals surface area contributed by atoms with Crippen molar-refractivity contribution in [3.63, 3.8) is 0 Å². The van der Waals surface area contributed by atoms with Crippen LogP contribution in [0.15, 0.2) is 0 Å². The van der Waals surface area contributed by atoms with E-state index >= 15 is 0 Å². The summed E-state index contributed by atoms with van der Waals surface area (Å²) in [6.45, 7) is 10.3. The van der Waals surface area contributed by atoms with Crippen LogP contribution in [0.4, 0.5) is 0 Å². The molecule has 0 aromatic rings. The maximum atomic E-state index is 3.55. The van der Waals surface area contributed by atoms with Gasteiger partial charge in [-0.15, -0.1) is 0 Å². The van der Waals surface area contributed by atoms with Gasteiger partial charge in [-0.25, -0.2) is 0 Å². The van der Waals surface area contributed by atoms with Crippen molar-refractivity contribution in [3.05, 3.63) is 0 Å². The first-order chi connectivity index (χ1) is 6.70. The molecule has 0 rings (SSSR count). The lowest BCUT2D eigenvalue weighted by Crippen LogP contribution is -2.28. The molecule has 0 aliphatic heterocycles. The summed E-state index contributed by atoms with van der Waals surface area (Å²) in [4.78, 5) is 0. The van der Waals surface area contributed by atoms with Crippen molar-refractivity contribution in [2.75, 3.05) is 18.1 Å². The summed E-state index contributed by atoms with van der Waals surface area (Å²) in [5.41, 5.74) is 0. The minimum absolute atomic E-state index is 0.698. The molecule has 14 heavy (non-hydrogen) atoms. The molecule has 1 nitrogen and oxygen atoms in total. The quantitative estimate of drug-likeness (QED) is 0.593. The van der Waals surface area contributed by atoms with Crippen molar-refractivity contribution < 1.29 is 0 Å². The summed E-state index contributed by atoms with van der Waals surface area (Å²) in [7, 11) is 0. The predicted octanol–water partition coefficient (Wildman–Crippen LogP) is 3.54. The second-order valence-corrected chi connectivity index (χ2v) is 5.38. The van der Waals surface area contributed by atoms with Gasteiger partial charge in [0, 0.05) is 18.3 Å². The van der Waals surface area contributed by atoms with Crippen molar-refractivity contribution in [1.82, 2.24) is 5.32 Å². The second kappa shape index (κ2) is 9.85. The smallest absolute Gasteiger partial charge is 0.00582 e. The molecular formula is C12H27NS. The highest BCUT2D eigenvalue weighted by Gasteiger charge is 2.00. The Balaban J connectivity index is 3.13. The lowest BCUT2D eigenvalue weighted by atomic mass is 10.2. The van der Waals surface area contributed by atoms with Crippen LogP contribution in [0, 0.1) is 5.92 Å². The van der Waals surface area contributed by atoms with Gasteiger partial charge in [0.15, 0.2) is 0 Å². The van der Waals surface area contributed by atoms with E-state index in [0.29, 0.717) is 6.04 Å². The molecule has 0 saturated heterocycles.